The number of ether oxygens (including phenoxy) is 1. The number of hydrogen-bond acceptors (Lipinski definition) is 6. The molecule has 1 aliphatic rings. The summed E-state index contributed by atoms with van der Waals surface area (Å²) in [4.78, 5) is 32.5. The lowest BCUT2D eigenvalue weighted by Gasteiger charge is -2.08. The number of nitrogens with one attached hydrogen (secondary N) is 1. The van der Waals surface area contributed by atoms with Crippen LogP contribution in [0.25, 0.3) is 16.7 Å². The molecule has 0 saturated heterocycles. The molecule has 1 N–H and O–H groups in total. The van der Waals surface area contributed by atoms with Crippen LogP contribution >= 0.6 is 0 Å². The first-order chi connectivity index (χ1) is 13.5. The van der Waals surface area contributed by atoms with Crippen LogP contribution in [0.2, 0.25) is 0 Å². The van der Waals surface area contributed by atoms with Crippen molar-refractivity contribution in [2.75, 3.05) is 12.4 Å². The Hall–Kier alpha value is -3.74. The Kier molecular flexibility index (Phi) is 4.49. The maximum atomic E-state index is 12.4. The topological polar surface area (TPSA) is 94.3 Å². The first kappa shape index (κ1) is 17.7. The predicted octanol–water partition coefficient (Wildman–Crippen LogP) is 3.64. The second-order valence-corrected chi connectivity index (χ2v) is 6.42. The van der Waals surface area contributed by atoms with E-state index in [0.29, 0.717) is 34.0 Å². The Morgan fingerprint density at radius 3 is 2.86 bits per heavy atom. The number of aromatic nitrogens is 2. The molecule has 0 aliphatic heterocycles. The lowest BCUT2D eigenvalue weighted by molar-refractivity contribution is -0.116. The summed E-state index contributed by atoms with van der Waals surface area (Å²) in [6.07, 6.45) is 8.05. The first-order valence-electron chi connectivity index (χ1n) is 8.68. The summed E-state index contributed by atoms with van der Waals surface area (Å²) in [7, 11) is 1.52. The summed E-state index contributed by atoms with van der Waals surface area (Å²) in [6.45, 7) is 1.83. The molecule has 7 heteroatoms. The minimum Gasteiger partial charge on any atom is -0.495 e. The molecule has 28 heavy (non-hydrogen) atoms. The van der Waals surface area contributed by atoms with Gasteiger partial charge in [0.1, 0.15) is 11.3 Å². The number of carbonyl (C=O) groups is 2. The third-order valence-corrected chi connectivity index (χ3v) is 4.41. The highest BCUT2D eigenvalue weighted by Crippen LogP contribution is 2.27. The van der Waals surface area contributed by atoms with E-state index in [1.54, 1.807) is 30.3 Å². The number of anilines is 1. The number of amides is 1. The molecule has 7 nitrogen and oxygen atoms in total. The Morgan fingerprint density at radius 2 is 2.07 bits per heavy atom. The average molecular weight is 375 g/mol. The highest BCUT2D eigenvalue weighted by Gasteiger charge is 2.17. The number of rotatable bonds is 4. The number of hydrogen-bond donors (Lipinski definition) is 1. The lowest BCUT2D eigenvalue weighted by atomic mass is 9.97. The van der Waals surface area contributed by atoms with Crippen LogP contribution in [0, 0.1) is 5.92 Å². The highest BCUT2D eigenvalue weighted by atomic mass is 16.5. The minimum atomic E-state index is -0.306. The molecular weight excluding hydrogens is 358 g/mol. The van der Waals surface area contributed by atoms with Crippen molar-refractivity contribution in [2.24, 2.45) is 5.92 Å². The number of fused-ring (bicyclic) bond motifs is 1. The van der Waals surface area contributed by atoms with Gasteiger partial charge in [0.25, 0.3) is 5.91 Å². The van der Waals surface area contributed by atoms with Crippen LogP contribution < -0.4 is 10.1 Å². The van der Waals surface area contributed by atoms with Crippen LogP contribution in [0.4, 0.5) is 5.69 Å². The number of pyridine rings is 1. The Bertz CT molecular complexity index is 1140. The van der Waals surface area contributed by atoms with Gasteiger partial charge in [-0.2, -0.15) is 0 Å². The van der Waals surface area contributed by atoms with Crippen LogP contribution in [0.15, 0.2) is 59.3 Å². The molecule has 0 radical (unpaired) electrons. The van der Waals surface area contributed by atoms with Gasteiger partial charge in [-0.05, 0) is 36.4 Å². The standard InChI is InChI=1S/C21H17N3O4/c1-12-7-13(3-5-18(12)25)21-24-17-9-15(4-6-19(17)28-21)23-20(26)14-8-16(27-2)11-22-10-14/h3-12H,1-2H3,(H,23,26). The summed E-state index contributed by atoms with van der Waals surface area (Å²) < 4.78 is 10.9. The van der Waals surface area contributed by atoms with E-state index in [2.05, 4.69) is 15.3 Å². The molecule has 1 aromatic carbocycles. The van der Waals surface area contributed by atoms with Crippen LogP contribution in [-0.4, -0.2) is 28.8 Å². The van der Waals surface area contributed by atoms with Crippen LogP contribution in [0.3, 0.4) is 0 Å². The zero-order chi connectivity index (χ0) is 19.7. The fourth-order valence-electron chi connectivity index (χ4n) is 2.86. The minimum absolute atomic E-state index is 0.0527. The molecule has 1 atom stereocenters. The number of allylic oxidation sites excluding steroid dienone is 4. The summed E-state index contributed by atoms with van der Waals surface area (Å²) >= 11 is 0. The second kappa shape index (κ2) is 7.11. The van der Waals surface area contributed by atoms with Crippen LogP contribution in [0.5, 0.6) is 5.75 Å². The van der Waals surface area contributed by atoms with Crippen molar-refractivity contribution in [3.05, 3.63) is 66.3 Å². The van der Waals surface area contributed by atoms with Crippen molar-refractivity contribution in [2.45, 2.75) is 6.92 Å². The number of methoxy groups -OCH3 is 1. The van der Waals surface area contributed by atoms with Crippen molar-refractivity contribution in [3.8, 4) is 5.75 Å². The van der Waals surface area contributed by atoms with E-state index in [1.165, 1.54) is 25.6 Å². The monoisotopic (exact) mass is 375 g/mol. The molecular formula is C21H17N3O4. The van der Waals surface area contributed by atoms with Gasteiger partial charge in [0.15, 0.2) is 11.4 Å². The number of oxazole rings is 1. The molecule has 3 aromatic rings. The van der Waals surface area contributed by atoms with Gasteiger partial charge in [-0.15, -0.1) is 0 Å². The van der Waals surface area contributed by atoms with E-state index in [0.717, 1.165) is 5.57 Å². The van der Waals surface area contributed by atoms with Crippen molar-refractivity contribution in [1.29, 1.82) is 0 Å². The quantitative estimate of drug-likeness (QED) is 0.748. The van der Waals surface area contributed by atoms with Gasteiger partial charge in [-0.3, -0.25) is 14.6 Å². The fraction of sp³-hybridized carbons (Fsp3) is 0.143. The van der Waals surface area contributed by atoms with Gasteiger partial charge in [0, 0.05) is 23.4 Å². The smallest absolute Gasteiger partial charge is 0.257 e. The predicted molar refractivity (Wildman–Crippen MR) is 104 cm³/mol. The van der Waals surface area contributed by atoms with E-state index in [1.807, 2.05) is 13.0 Å². The van der Waals surface area contributed by atoms with Crippen LogP contribution in [0.1, 0.15) is 23.2 Å². The van der Waals surface area contributed by atoms with Gasteiger partial charge >= 0.3 is 0 Å². The summed E-state index contributed by atoms with van der Waals surface area (Å²) in [5, 5.41) is 2.81. The maximum absolute atomic E-state index is 12.4. The maximum Gasteiger partial charge on any atom is 0.257 e. The Balaban J connectivity index is 1.58. The van der Waals surface area contributed by atoms with Crippen molar-refractivity contribution in [1.82, 2.24) is 9.97 Å². The van der Waals surface area contributed by atoms with Crippen molar-refractivity contribution >= 4 is 34.1 Å². The van der Waals surface area contributed by atoms with E-state index in [9.17, 15) is 9.59 Å². The van der Waals surface area contributed by atoms with E-state index in [4.69, 9.17) is 9.15 Å². The molecule has 0 fully saturated rings. The Morgan fingerprint density at radius 1 is 1.21 bits per heavy atom. The van der Waals surface area contributed by atoms with Gasteiger partial charge < -0.3 is 14.5 Å². The second-order valence-electron chi connectivity index (χ2n) is 6.42. The number of carbonyl (C=O) groups excluding carboxylic acids is 2. The third kappa shape index (κ3) is 3.42. The first-order valence-corrected chi connectivity index (χ1v) is 8.68. The highest BCUT2D eigenvalue weighted by molar-refractivity contribution is 6.05. The number of ketones is 1. The third-order valence-electron chi connectivity index (χ3n) is 4.41. The summed E-state index contributed by atoms with van der Waals surface area (Å²) in [6, 6.07) is 6.82. The fourth-order valence-corrected chi connectivity index (χ4v) is 2.86. The molecule has 2 aromatic heterocycles. The average Bonchev–Trinajstić information content (AvgIpc) is 3.13. The van der Waals surface area contributed by atoms with Crippen molar-refractivity contribution in [3.63, 3.8) is 0 Å². The number of benzene rings is 1. The number of nitrogens with zero attached hydrogens (tertiary/aromatic N) is 2. The largest absolute Gasteiger partial charge is 0.495 e. The lowest BCUT2D eigenvalue weighted by Crippen LogP contribution is -2.12. The summed E-state index contributed by atoms with van der Waals surface area (Å²) in [5.41, 5.74) is 2.93. The van der Waals surface area contributed by atoms with Gasteiger partial charge in [-0.25, -0.2) is 4.98 Å². The van der Waals surface area contributed by atoms with Gasteiger partial charge in [0.05, 0.1) is 18.9 Å². The van der Waals surface area contributed by atoms with Crippen LogP contribution in [-0.2, 0) is 4.79 Å². The SMILES string of the molecule is COc1cncc(C(=O)Nc2ccc3oc(C4=CC(C)C(=O)C=C4)nc3c2)c1. The molecule has 0 spiro atoms. The summed E-state index contributed by atoms with van der Waals surface area (Å²) in [5.74, 6) is 0.481. The molecule has 1 amide bonds. The molecule has 1 unspecified atom stereocenters. The molecule has 140 valence electrons. The normalized spacial score (nSPS) is 16.1. The van der Waals surface area contributed by atoms with Gasteiger partial charge in [-0.1, -0.05) is 13.0 Å². The zero-order valence-electron chi connectivity index (χ0n) is 15.3. The molecule has 0 saturated carbocycles. The Labute approximate surface area is 160 Å². The molecule has 2 heterocycles. The van der Waals surface area contributed by atoms with Crippen molar-refractivity contribution < 1.29 is 18.7 Å². The van der Waals surface area contributed by atoms with Gasteiger partial charge in [0.2, 0.25) is 5.89 Å². The molecule has 4 rings (SSSR count). The van der Waals surface area contributed by atoms with E-state index >= 15 is 0 Å². The molecule has 0 bridgehead atoms. The van der Waals surface area contributed by atoms with E-state index in [-0.39, 0.29) is 17.6 Å². The zero-order valence-corrected chi connectivity index (χ0v) is 15.3. The van der Waals surface area contributed by atoms with E-state index < -0.39 is 0 Å². The molecule has 1 aliphatic carbocycles.